The predicted octanol–water partition coefficient (Wildman–Crippen LogP) is 16.8. The Kier molecular flexibility index (Phi) is 47.4. The molecule has 0 aromatic heterocycles. The van der Waals surface area contributed by atoms with Crippen molar-refractivity contribution in [3.63, 3.8) is 0 Å². The van der Waals surface area contributed by atoms with Crippen LogP contribution in [0.2, 0.25) is 0 Å². The van der Waals surface area contributed by atoms with E-state index < -0.39 is 6.10 Å². The van der Waals surface area contributed by atoms with Crippen LogP contribution in [0.4, 0.5) is 0 Å². The third-order valence-corrected chi connectivity index (χ3v) is 10.9. The number of hydrogen-bond acceptors (Lipinski definition) is 5. The molecular formula is C53H96O5. The van der Waals surface area contributed by atoms with Gasteiger partial charge in [0.1, 0.15) is 6.61 Å². The molecule has 1 unspecified atom stereocenters. The standard InChI is InChI=1S/C53H96O5/c1-4-7-10-13-16-19-21-23-24-25-26-27-28-29-31-33-36-39-42-45-48-56-49-51(58-53(55)47-44-41-38-34-18-15-12-9-6-3)50-57-52(54)46-43-40-37-35-32-30-22-20-17-14-11-8-5-2/h7,10,16,19,23-24,26-27,51H,4-6,8-9,11-15,17-18,20-22,25,28-50H2,1-3H3/b10-7-,19-16-,24-23-,27-26-. The van der Waals surface area contributed by atoms with Gasteiger partial charge in [0.05, 0.1) is 6.61 Å². The van der Waals surface area contributed by atoms with Gasteiger partial charge in [0.25, 0.3) is 0 Å². The zero-order valence-corrected chi connectivity index (χ0v) is 38.8. The number of hydrogen-bond donors (Lipinski definition) is 0. The van der Waals surface area contributed by atoms with Crippen LogP contribution in [-0.4, -0.2) is 37.9 Å². The highest BCUT2D eigenvalue weighted by Crippen LogP contribution is 2.15. The average molecular weight is 813 g/mol. The first-order valence-electron chi connectivity index (χ1n) is 25.2. The lowest BCUT2D eigenvalue weighted by Crippen LogP contribution is -2.30. The average Bonchev–Trinajstić information content (AvgIpc) is 3.22. The predicted molar refractivity (Wildman–Crippen MR) is 251 cm³/mol. The highest BCUT2D eigenvalue weighted by atomic mass is 16.6. The van der Waals surface area contributed by atoms with Gasteiger partial charge in [-0.05, 0) is 57.8 Å². The Bertz CT molecular complexity index is 966. The summed E-state index contributed by atoms with van der Waals surface area (Å²) in [5.41, 5.74) is 0. The van der Waals surface area contributed by atoms with E-state index >= 15 is 0 Å². The fourth-order valence-electron chi connectivity index (χ4n) is 7.15. The lowest BCUT2D eigenvalue weighted by atomic mass is 10.0. The van der Waals surface area contributed by atoms with Gasteiger partial charge >= 0.3 is 11.9 Å². The number of carbonyl (C=O) groups is 2. The Labute approximate surface area is 361 Å². The van der Waals surface area contributed by atoms with E-state index in [0.717, 1.165) is 64.2 Å². The van der Waals surface area contributed by atoms with Crippen molar-refractivity contribution in [3.8, 4) is 0 Å². The molecule has 1 atom stereocenters. The van der Waals surface area contributed by atoms with E-state index in [9.17, 15) is 9.59 Å². The molecule has 5 nitrogen and oxygen atoms in total. The van der Waals surface area contributed by atoms with Crippen LogP contribution >= 0.6 is 0 Å². The van der Waals surface area contributed by atoms with E-state index in [0.29, 0.717) is 19.4 Å². The quantitative estimate of drug-likeness (QED) is 0.0348. The smallest absolute Gasteiger partial charge is 0.306 e. The van der Waals surface area contributed by atoms with Crippen LogP contribution in [-0.2, 0) is 23.8 Å². The van der Waals surface area contributed by atoms with Crippen molar-refractivity contribution in [3.05, 3.63) is 48.6 Å². The molecule has 338 valence electrons. The second kappa shape index (κ2) is 49.2. The van der Waals surface area contributed by atoms with Crippen molar-refractivity contribution >= 4 is 11.9 Å². The Balaban J connectivity index is 4.17. The zero-order chi connectivity index (χ0) is 42.1. The SMILES string of the molecule is CC/C=C\C/C=C\C/C=C\C/C=C\CCCCCCCCCOCC(COC(=O)CCCCCCCCCCCCCCC)OC(=O)CCCCCCCCCCC. The number of allylic oxidation sites excluding steroid dienone is 8. The largest absolute Gasteiger partial charge is 0.462 e. The van der Waals surface area contributed by atoms with E-state index in [4.69, 9.17) is 14.2 Å². The lowest BCUT2D eigenvalue weighted by molar-refractivity contribution is -0.163. The Morgan fingerprint density at radius 2 is 0.776 bits per heavy atom. The summed E-state index contributed by atoms with van der Waals surface area (Å²) in [4.78, 5) is 25.3. The van der Waals surface area contributed by atoms with Gasteiger partial charge in [-0.3, -0.25) is 9.59 Å². The van der Waals surface area contributed by atoms with Gasteiger partial charge in [-0.2, -0.15) is 0 Å². The van der Waals surface area contributed by atoms with Crippen molar-refractivity contribution in [1.82, 2.24) is 0 Å². The van der Waals surface area contributed by atoms with Crippen molar-refractivity contribution in [1.29, 1.82) is 0 Å². The molecule has 0 amide bonds. The van der Waals surface area contributed by atoms with Crippen LogP contribution in [0.25, 0.3) is 0 Å². The molecule has 5 heteroatoms. The molecule has 0 aromatic rings. The molecule has 0 N–H and O–H groups in total. The first kappa shape index (κ1) is 55.9. The summed E-state index contributed by atoms with van der Waals surface area (Å²) in [6, 6.07) is 0. The van der Waals surface area contributed by atoms with Gasteiger partial charge < -0.3 is 14.2 Å². The molecule has 0 heterocycles. The Morgan fingerprint density at radius 1 is 0.397 bits per heavy atom. The van der Waals surface area contributed by atoms with Crippen molar-refractivity contribution in [2.75, 3.05) is 19.8 Å². The van der Waals surface area contributed by atoms with Crippen LogP contribution in [0.5, 0.6) is 0 Å². The second-order valence-electron chi connectivity index (χ2n) is 16.7. The molecule has 0 saturated carbocycles. The summed E-state index contributed by atoms with van der Waals surface area (Å²) in [5, 5.41) is 0. The van der Waals surface area contributed by atoms with Gasteiger partial charge in [0, 0.05) is 19.4 Å². The molecule has 0 aliphatic carbocycles. The van der Waals surface area contributed by atoms with Gasteiger partial charge in [-0.15, -0.1) is 0 Å². The summed E-state index contributed by atoms with van der Waals surface area (Å²) in [6.45, 7) is 7.70. The molecule has 0 aromatic carbocycles. The molecule has 0 aliphatic rings. The topological polar surface area (TPSA) is 61.8 Å². The van der Waals surface area contributed by atoms with Crippen LogP contribution in [0.3, 0.4) is 0 Å². The summed E-state index contributed by atoms with van der Waals surface area (Å²) >= 11 is 0. The van der Waals surface area contributed by atoms with E-state index in [1.807, 2.05) is 0 Å². The van der Waals surface area contributed by atoms with Crippen LogP contribution in [0, 0.1) is 0 Å². The van der Waals surface area contributed by atoms with Crippen LogP contribution in [0.1, 0.15) is 252 Å². The molecule has 0 bridgehead atoms. The maximum absolute atomic E-state index is 12.7. The summed E-state index contributed by atoms with van der Waals surface area (Å²) in [6.07, 6.45) is 59.8. The first-order chi connectivity index (χ1) is 28.6. The van der Waals surface area contributed by atoms with Crippen molar-refractivity contribution in [2.24, 2.45) is 0 Å². The Hall–Kier alpha value is -2.14. The number of ether oxygens (including phenoxy) is 3. The van der Waals surface area contributed by atoms with Crippen molar-refractivity contribution < 1.29 is 23.8 Å². The number of esters is 2. The third-order valence-electron chi connectivity index (χ3n) is 10.9. The molecule has 58 heavy (non-hydrogen) atoms. The molecule has 0 fully saturated rings. The lowest BCUT2D eigenvalue weighted by Gasteiger charge is -2.18. The fraction of sp³-hybridized carbons (Fsp3) is 0.811. The van der Waals surface area contributed by atoms with Gasteiger partial charge in [0.15, 0.2) is 6.10 Å². The molecule has 0 rings (SSSR count). The number of unbranched alkanes of at least 4 members (excludes halogenated alkanes) is 27. The van der Waals surface area contributed by atoms with Crippen LogP contribution < -0.4 is 0 Å². The molecule has 0 aliphatic heterocycles. The highest BCUT2D eigenvalue weighted by Gasteiger charge is 2.17. The van der Waals surface area contributed by atoms with E-state index in [2.05, 4.69) is 69.4 Å². The van der Waals surface area contributed by atoms with E-state index in [-0.39, 0.29) is 25.2 Å². The summed E-state index contributed by atoms with van der Waals surface area (Å²) in [5.74, 6) is -0.396. The van der Waals surface area contributed by atoms with Crippen LogP contribution in [0.15, 0.2) is 48.6 Å². The molecule has 0 saturated heterocycles. The molecule has 0 radical (unpaired) electrons. The third kappa shape index (κ3) is 46.5. The fourth-order valence-corrected chi connectivity index (χ4v) is 7.15. The highest BCUT2D eigenvalue weighted by molar-refractivity contribution is 5.70. The zero-order valence-electron chi connectivity index (χ0n) is 38.8. The first-order valence-corrected chi connectivity index (χ1v) is 25.2. The van der Waals surface area contributed by atoms with Gasteiger partial charge in [-0.25, -0.2) is 0 Å². The summed E-state index contributed by atoms with van der Waals surface area (Å²) < 4.78 is 17.4. The van der Waals surface area contributed by atoms with Gasteiger partial charge in [-0.1, -0.05) is 230 Å². The van der Waals surface area contributed by atoms with E-state index in [1.54, 1.807) is 0 Å². The maximum atomic E-state index is 12.7. The van der Waals surface area contributed by atoms with E-state index in [1.165, 1.54) is 154 Å². The number of rotatable bonds is 46. The minimum absolute atomic E-state index is 0.0850. The molecule has 0 spiro atoms. The molecular weight excluding hydrogens is 717 g/mol. The van der Waals surface area contributed by atoms with Gasteiger partial charge in [0.2, 0.25) is 0 Å². The normalized spacial score (nSPS) is 12.5. The number of carbonyl (C=O) groups excluding carboxylic acids is 2. The minimum atomic E-state index is -0.535. The minimum Gasteiger partial charge on any atom is -0.462 e. The summed E-state index contributed by atoms with van der Waals surface area (Å²) in [7, 11) is 0. The second-order valence-corrected chi connectivity index (χ2v) is 16.7. The van der Waals surface area contributed by atoms with Crippen molar-refractivity contribution in [2.45, 2.75) is 258 Å². The Morgan fingerprint density at radius 3 is 1.24 bits per heavy atom. The maximum Gasteiger partial charge on any atom is 0.306 e. The monoisotopic (exact) mass is 813 g/mol.